The summed E-state index contributed by atoms with van der Waals surface area (Å²) in [5.74, 6) is -0.205. The first-order valence-electron chi connectivity index (χ1n) is 4.02. The van der Waals surface area contributed by atoms with E-state index in [1.165, 1.54) is 10.9 Å². The number of halogens is 1. The Labute approximate surface area is 91.2 Å². The lowest BCUT2D eigenvalue weighted by Crippen LogP contribution is -2.27. The Bertz CT molecular complexity index is 410. The van der Waals surface area contributed by atoms with Crippen LogP contribution < -0.4 is 11.2 Å². The van der Waals surface area contributed by atoms with Crippen LogP contribution in [0.2, 0.25) is 5.15 Å². The Morgan fingerprint density at radius 3 is 2.87 bits per heavy atom. The second kappa shape index (κ2) is 4.76. The minimum absolute atomic E-state index is 0.205. The molecule has 0 spiro atoms. The van der Waals surface area contributed by atoms with Crippen LogP contribution in [0.3, 0.4) is 0 Å². The lowest BCUT2D eigenvalue weighted by atomic mass is 10.3. The third-order valence-electron chi connectivity index (χ3n) is 1.66. The molecule has 0 fully saturated rings. The molecule has 0 atom stereocenters. The van der Waals surface area contributed by atoms with Gasteiger partial charge in [0.1, 0.15) is 5.15 Å². The number of hydroxylamine groups is 1. The third kappa shape index (κ3) is 2.67. The van der Waals surface area contributed by atoms with E-state index in [1.807, 2.05) is 0 Å². The largest absolute Gasteiger partial charge is 0.367 e. The van der Waals surface area contributed by atoms with E-state index in [2.05, 4.69) is 15.3 Å². The van der Waals surface area contributed by atoms with Crippen LogP contribution in [-0.4, -0.2) is 27.2 Å². The number of aryl methyl sites for hydroxylation is 2. The number of rotatable bonds is 2. The molecule has 0 amide bonds. The molecule has 0 aliphatic heterocycles. The highest BCUT2D eigenvalue weighted by Crippen LogP contribution is 2.15. The van der Waals surface area contributed by atoms with Crippen LogP contribution in [0.1, 0.15) is 11.3 Å². The molecule has 1 aromatic rings. The zero-order valence-corrected chi connectivity index (χ0v) is 9.02. The zero-order chi connectivity index (χ0) is 11.4. The topological polar surface area (TPSA) is 101 Å². The maximum atomic E-state index is 8.32. The molecule has 0 saturated heterocycles. The quantitative estimate of drug-likeness (QED) is 0.378. The Kier molecular flexibility index (Phi) is 3.64. The van der Waals surface area contributed by atoms with Gasteiger partial charge in [-0.25, -0.2) is 5.48 Å². The number of hydrogen-bond donors (Lipinski definition) is 3. The van der Waals surface area contributed by atoms with Gasteiger partial charge in [-0.2, -0.15) is 10.2 Å². The van der Waals surface area contributed by atoms with Crippen LogP contribution in [0.15, 0.2) is 10.2 Å². The van der Waals surface area contributed by atoms with Gasteiger partial charge >= 0.3 is 0 Å². The second-order valence-electron chi connectivity index (χ2n) is 2.76. The Balaban J connectivity index is 2.90. The summed E-state index contributed by atoms with van der Waals surface area (Å²) in [7, 11) is 1.72. The van der Waals surface area contributed by atoms with Crippen LogP contribution >= 0.6 is 11.6 Å². The number of nitrogens with zero attached hydrogens (tertiary/aromatic N) is 4. The molecule has 8 heteroatoms. The van der Waals surface area contributed by atoms with E-state index in [9.17, 15) is 0 Å². The summed E-state index contributed by atoms with van der Waals surface area (Å²) in [5, 5.41) is 19.9. The molecule has 4 N–H and O–H groups in total. The van der Waals surface area contributed by atoms with Crippen molar-refractivity contribution in [1.82, 2.24) is 15.3 Å². The Hall–Kier alpha value is -1.60. The number of nitrogens with one attached hydrogen (secondary N) is 1. The predicted octanol–water partition coefficient (Wildman–Crippen LogP) is 0.00932. The molecule has 15 heavy (non-hydrogen) atoms. The van der Waals surface area contributed by atoms with Gasteiger partial charge in [-0.1, -0.05) is 11.6 Å². The van der Waals surface area contributed by atoms with E-state index in [0.29, 0.717) is 10.7 Å². The van der Waals surface area contributed by atoms with Crippen molar-refractivity contribution in [3.05, 3.63) is 16.4 Å². The number of aromatic nitrogens is 2. The fraction of sp³-hybridized carbons (Fsp3) is 0.286. The summed E-state index contributed by atoms with van der Waals surface area (Å²) in [6, 6.07) is 0. The van der Waals surface area contributed by atoms with E-state index >= 15 is 0 Å². The first kappa shape index (κ1) is 11.5. The third-order valence-corrected chi connectivity index (χ3v) is 2.11. The highest BCUT2D eigenvalue weighted by molar-refractivity contribution is 6.32. The maximum absolute atomic E-state index is 8.32. The average molecular weight is 231 g/mol. The van der Waals surface area contributed by atoms with Gasteiger partial charge in [-0.15, -0.1) is 5.10 Å². The average Bonchev–Trinajstić information content (AvgIpc) is 2.44. The van der Waals surface area contributed by atoms with Crippen molar-refractivity contribution < 1.29 is 5.21 Å². The highest BCUT2D eigenvalue weighted by atomic mass is 35.5. The number of nitrogens with two attached hydrogens (primary N) is 1. The molecule has 1 rings (SSSR count). The zero-order valence-electron chi connectivity index (χ0n) is 8.27. The summed E-state index contributed by atoms with van der Waals surface area (Å²) in [6.45, 7) is 1.80. The number of guanidine groups is 1. The molecular formula is C7H11ClN6O. The molecule has 1 aromatic heterocycles. The van der Waals surface area contributed by atoms with Gasteiger partial charge in [-0.05, 0) is 6.92 Å². The van der Waals surface area contributed by atoms with Crippen molar-refractivity contribution in [3.63, 3.8) is 0 Å². The van der Waals surface area contributed by atoms with Gasteiger partial charge in [-0.3, -0.25) is 9.89 Å². The second-order valence-corrected chi connectivity index (χ2v) is 3.11. The molecule has 0 unspecified atom stereocenters. The summed E-state index contributed by atoms with van der Waals surface area (Å²) in [5.41, 5.74) is 8.18. The monoisotopic (exact) mass is 230 g/mol. The van der Waals surface area contributed by atoms with Gasteiger partial charge < -0.3 is 5.73 Å². The van der Waals surface area contributed by atoms with E-state index in [-0.39, 0.29) is 5.96 Å². The molecule has 0 aliphatic rings. The van der Waals surface area contributed by atoms with E-state index < -0.39 is 0 Å². The van der Waals surface area contributed by atoms with Crippen LogP contribution in [0.5, 0.6) is 0 Å². The summed E-state index contributed by atoms with van der Waals surface area (Å²) in [6.07, 6.45) is 1.41. The fourth-order valence-electron chi connectivity index (χ4n) is 0.964. The Morgan fingerprint density at radius 2 is 2.40 bits per heavy atom. The van der Waals surface area contributed by atoms with E-state index in [4.69, 9.17) is 22.5 Å². The first-order chi connectivity index (χ1) is 7.06. The lowest BCUT2D eigenvalue weighted by molar-refractivity contribution is 0.232. The lowest BCUT2D eigenvalue weighted by Gasteiger charge is -1.92. The van der Waals surface area contributed by atoms with E-state index in [1.54, 1.807) is 19.5 Å². The van der Waals surface area contributed by atoms with Gasteiger partial charge in [0, 0.05) is 7.05 Å². The number of hydrogen-bond acceptors (Lipinski definition) is 4. The fourth-order valence-corrected chi connectivity index (χ4v) is 1.19. The van der Waals surface area contributed by atoms with Crippen molar-refractivity contribution in [3.8, 4) is 0 Å². The summed E-state index contributed by atoms with van der Waals surface area (Å²) < 4.78 is 1.52. The van der Waals surface area contributed by atoms with Gasteiger partial charge in [0.05, 0.1) is 17.5 Å². The van der Waals surface area contributed by atoms with Gasteiger partial charge in [0.25, 0.3) is 0 Å². The molecule has 82 valence electrons. The van der Waals surface area contributed by atoms with Crippen molar-refractivity contribution >= 4 is 23.8 Å². The van der Waals surface area contributed by atoms with Crippen LogP contribution in [0.4, 0.5) is 0 Å². The normalized spacial score (nSPS) is 12.4. The van der Waals surface area contributed by atoms with Crippen molar-refractivity contribution in [2.75, 3.05) is 0 Å². The minimum atomic E-state index is -0.205. The highest BCUT2D eigenvalue weighted by Gasteiger charge is 2.08. The predicted molar refractivity (Wildman–Crippen MR) is 57.1 cm³/mol. The smallest absolute Gasteiger partial charge is 0.237 e. The van der Waals surface area contributed by atoms with Crippen LogP contribution in [0, 0.1) is 6.92 Å². The molecule has 0 bridgehead atoms. The van der Waals surface area contributed by atoms with Crippen LogP contribution in [0.25, 0.3) is 0 Å². The van der Waals surface area contributed by atoms with E-state index in [0.717, 1.165) is 5.69 Å². The van der Waals surface area contributed by atoms with Crippen molar-refractivity contribution in [2.45, 2.75) is 6.92 Å². The molecule has 1 heterocycles. The molecule has 0 saturated carbocycles. The molecular weight excluding hydrogens is 220 g/mol. The first-order valence-corrected chi connectivity index (χ1v) is 4.39. The van der Waals surface area contributed by atoms with Gasteiger partial charge in [0.15, 0.2) is 0 Å². The minimum Gasteiger partial charge on any atom is -0.367 e. The van der Waals surface area contributed by atoms with Crippen molar-refractivity contribution in [2.24, 2.45) is 23.0 Å². The SMILES string of the molecule is Cc1nn(C)c(Cl)c1C=N/N=C(\N)NO. The van der Waals surface area contributed by atoms with Crippen LogP contribution in [-0.2, 0) is 7.05 Å². The molecule has 7 nitrogen and oxygen atoms in total. The standard InChI is InChI=1S/C7H11ClN6O/c1-4-5(6(8)14(2)12-4)3-10-11-7(9)13-15/h3,15H,1-2H3,(H3,9,11,13). The molecule has 0 aromatic carbocycles. The summed E-state index contributed by atoms with van der Waals surface area (Å²) >= 11 is 5.93. The summed E-state index contributed by atoms with van der Waals surface area (Å²) in [4.78, 5) is 0. The maximum Gasteiger partial charge on any atom is 0.237 e. The molecule has 0 radical (unpaired) electrons. The van der Waals surface area contributed by atoms with Crippen molar-refractivity contribution in [1.29, 1.82) is 0 Å². The molecule has 0 aliphatic carbocycles. The Morgan fingerprint density at radius 1 is 1.73 bits per heavy atom. The van der Waals surface area contributed by atoms with Gasteiger partial charge in [0.2, 0.25) is 5.96 Å².